The minimum Gasteiger partial charge on any atom is -0.464 e. The molecule has 0 aromatic carbocycles. The average molecular weight is 250 g/mol. The molecule has 0 saturated heterocycles. The highest BCUT2D eigenvalue weighted by Crippen LogP contribution is 2.25. The van der Waals surface area contributed by atoms with Gasteiger partial charge in [-0.25, -0.2) is 18.6 Å². The summed E-state index contributed by atoms with van der Waals surface area (Å²) in [5.41, 5.74) is 0.157. The normalized spacial score (nSPS) is 10.6. The first kappa shape index (κ1) is 12.8. The number of pyridine rings is 1. The van der Waals surface area contributed by atoms with E-state index in [-0.39, 0.29) is 17.1 Å². The number of nitrogens with zero attached hydrogens (tertiary/aromatic N) is 1. The summed E-state index contributed by atoms with van der Waals surface area (Å²) in [5, 5.41) is 0. The van der Waals surface area contributed by atoms with Gasteiger partial charge in [0.05, 0.1) is 7.11 Å². The van der Waals surface area contributed by atoms with Crippen LogP contribution in [0.2, 0.25) is 0 Å². The molecule has 0 amide bonds. The third-order valence-electron chi connectivity index (χ3n) is 2.11. The molecule has 0 aliphatic carbocycles. The van der Waals surface area contributed by atoms with E-state index in [2.05, 4.69) is 9.72 Å². The molecule has 0 radical (unpaired) electrons. The summed E-state index contributed by atoms with van der Waals surface area (Å²) in [6, 6.07) is 1.38. The SMILES string of the molecule is COC(=O)c1cc(C)c(CCl)c(C(F)F)n1. The first-order chi connectivity index (χ1) is 7.51. The van der Waals surface area contributed by atoms with Crippen molar-refractivity contribution in [2.45, 2.75) is 19.2 Å². The van der Waals surface area contributed by atoms with Gasteiger partial charge in [0.25, 0.3) is 6.43 Å². The van der Waals surface area contributed by atoms with E-state index in [9.17, 15) is 13.6 Å². The van der Waals surface area contributed by atoms with Crippen molar-refractivity contribution in [3.05, 3.63) is 28.6 Å². The molecule has 6 heteroatoms. The molecule has 0 atom stereocenters. The molecule has 1 heterocycles. The molecule has 88 valence electrons. The highest BCUT2D eigenvalue weighted by molar-refractivity contribution is 6.17. The predicted octanol–water partition coefficient (Wildman–Crippen LogP) is 2.85. The van der Waals surface area contributed by atoms with Crippen LogP contribution in [0.25, 0.3) is 0 Å². The summed E-state index contributed by atoms with van der Waals surface area (Å²) in [6.45, 7) is 1.59. The number of methoxy groups -OCH3 is 1. The van der Waals surface area contributed by atoms with Crippen molar-refractivity contribution in [1.82, 2.24) is 4.98 Å². The van der Waals surface area contributed by atoms with Crippen molar-refractivity contribution in [2.24, 2.45) is 0 Å². The number of ether oxygens (including phenoxy) is 1. The lowest BCUT2D eigenvalue weighted by molar-refractivity contribution is 0.0592. The van der Waals surface area contributed by atoms with E-state index < -0.39 is 18.1 Å². The van der Waals surface area contributed by atoms with Gasteiger partial charge < -0.3 is 4.74 Å². The molecule has 16 heavy (non-hydrogen) atoms. The smallest absolute Gasteiger partial charge is 0.356 e. The number of halogens is 3. The van der Waals surface area contributed by atoms with Crippen LogP contribution in [-0.4, -0.2) is 18.1 Å². The van der Waals surface area contributed by atoms with Crippen molar-refractivity contribution < 1.29 is 18.3 Å². The molecule has 0 unspecified atom stereocenters. The third kappa shape index (κ3) is 2.47. The fraction of sp³-hybridized carbons (Fsp3) is 0.400. The largest absolute Gasteiger partial charge is 0.464 e. The Morgan fingerprint density at radius 3 is 2.69 bits per heavy atom. The van der Waals surface area contributed by atoms with E-state index in [1.807, 2.05) is 0 Å². The molecule has 0 aliphatic heterocycles. The highest BCUT2D eigenvalue weighted by Gasteiger charge is 2.20. The van der Waals surface area contributed by atoms with Gasteiger partial charge in [0.1, 0.15) is 11.4 Å². The maximum absolute atomic E-state index is 12.7. The molecular formula is C10H10ClF2NO2. The average Bonchev–Trinajstić information content (AvgIpc) is 2.26. The van der Waals surface area contributed by atoms with Gasteiger partial charge in [-0.15, -0.1) is 11.6 Å². The van der Waals surface area contributed by atoms with Gasteiger partial charge in [0.2, 0.25) is 0 Å². The Morgan fingerprint density at radius 1 is 1.62 bits per heavy atom. The summed E-state index contributed by atoms with van der Waals surface area (Å²) in [5.74, 6) is -0.814. The Hall–Kier alpha value is -1.23. The Morgan fingerprint density at radius 2 is 2.25 bits per heavy atom. The van der Waals surface area contributed by atoms with Crippen LogP contribution < -0.4 is 0 Å². The fourth-order valence-electron chi connectivity index (χ4n) is 1.29. The third-order valence-corrected chi connectivity index (χ3v) is 2.38. The summed E-state index contributed by atoms with van der Waals surface area (Å²) in [6.07, 6.45) is -2.77. The van der Waals surface area contributed by atoms with Crippen LogP contribution in [0.4, 0.5) is 8.78 Å². The quantitative estimate of drug-likeness (QED) is 0.611. The van der Waals surface area contributed by atoms with E-state index in [1.54, 1.807) is 6.92 Å². The van der Waals surface area contributed by atoms with Gasteiger partial charge in [0, 0.05) is 5.88 Å². The number of rotatable bonds is 3. The van der Waals surface area contributed by atoms with Crippen molar-refractivity contribution in [3.63, 3.8) is 0 Å². The van der Waals surface area contributed by atoms with Gasteiger partial charge in [-0.2, -0.15) is 0 Å². The lowest BCUT2D eigenvalue weighted by Crippen LogP contribution is -2.10. The van der Waals surface area contributed by atoms with Crippen molar-refractivity contribution >= 4 is 17.6 Å². The minimum atomic E-state index is -2.77. The second-order valence-corrected chi connectivity index (χ2v) is 3.38. The van der Waals surface area contributed by atoms with Gasteiger partial charge >= 0.3 is 5.97 Å². The summed E-state index contributed by atoms with van der Waals surface area (Å²) in [4.78, 5) is 14.7. The van der Waals surface area contributed by atoms with Gasteiger partial charge in [-0.05, 0) is 24.1 Å². The number of aromatic nitrogens is 1. The van der Waals surface area contributed by atoms with Crippen LogP contribution in [0.15, 0.2) is 6.07 Å². The molecule has 3 nitrogen and oxygen atoms in total. The zero-order valence-corrected chi connectivity index (χ0v) is 9.52. The van der Waals surface area contributed by atoms with Gasteiger partial charge in [-0.3, -0.25) is 0 Å². The lowest BCUT2D eigenvalue weighted by atomic mass is 10.1. The molecule has 0 N–H and O–H groups in total. The first-order valence-corrected chi connectivity index (χ1v) is 4.97. The van der Waals surface area contributed by atoms with E-state index in [1.165, 1.54) is 6.07 Å². The van der Waals surface area contributed by atoms with Crippen molar-refractivity contribution in [1.29, 1.82) is 0 Å². The van der Waals surface area contributed by atoms with Crippen LogP contribution >= 0.6 is 11.6 Å². The molecule has 0 bridgehead atoms. The standard InChI is InChI=1S/C10H10ClF2NO2/c1-5-3-7(10(15)16-2)14-8(9(12)13)6(5)4-11/h3,9H,4H2,1-2H3. The Balaban J connectivity index is 3.33. The Kier molecular flexibility index (Phi) is 4.18. The zero-order valence-electron chi connectivity index (χ0n) is 8.76. The molecule has 1 aromatic rings. The monoisotopic (exact) mass is 249 g/mol. The number of carbonyl (C=O) groups excluding carboxylic acids is 1. The van der Waals surface area contributed by atoms with E-state index in [0.717, 1.165) is 7.11 Å². The van der Waals surface area contributed by atoms with Crippen LogP contribution in [-0.2, 0) is 10.6 Å². The molecule has 0 spiro atoms. The number of hydrogen-bond donors (Lipinski definition) is 0. The molecule has 1 aromatic heterocycles. The summed E-state index contributed by atoms with van der Waals surface area (Å²) in [7, 11) is 1.16. The Bertz CT molecular complexity index is 410. The topological polar surface area (TPSA) is 39.2 Å². The minimum absolute atomic E-state index is 0.0695. The van der Waals surface area contributed by atoms with E-state index in [0.29, 0.717) is 5.56 Å². The van der Waals surface area contributed by atoms with Crippen molar-refractivity contribution in [3.8, 4) is 0 Å². The van der Waals surface area contributed by atoms with Crippen molar-refractivity contribution in [2.75, 3.05) is 7.11 Å². The van der Waals surface area contributed by atoms with Crippen LogP contribution in [0, 0.1) is 6.92 Å². The Labute approximate surface area is 96.4 Å². The van der Waals surface area contributed by atoms with Gasteiger partial charge in [0.15, 0.2) is 0 Å². The lowest BCUT2D eigenvalue weighted by Gasteiger charge is -2.10. The zero-order chi connectivity index (χ0) is 12.3. The first-order valence-electron chi connectivity index (χ1n) is 4.44. The number of hydrogen-bond acceptors (Lipinski definition) is 3. The van der Waals surface area contributed by atoms with E-state index >= 15 is 0 Å². The molecule has 0 aliphatic rings. The molecular weight excluding hydrogens is 240 g/mol. The number of carbonyl (C=O) groups is 1. The summed E-state index contributed by atoms with van der Waals surface area (Å²) >= 11 is 5.56. The van der Waals surface area contributed by atoms with Gasteiger partial charge in [-0.1, -0.05) is 0 Å². The van der Waals surface area contributed by atoms with E-state index in [4.69, 9.17) is 11.6 Å². The molecule has 1 rings (SSSR count). The highest BCUT2D eigenvalue weighted by atomic mass is 35.5. The number of alkyl halides is 3. The second-order valence-electron chi connectivity index (χ2n) is 3.11. The second kappa shape index (κ2) is 5.21. The van der Waals surface area contributed by atoms with Crippen LogP contribution in [0.1, 0.15) is 33.7 Å². The molecule has 0 fully saturated rings. The van der Waals surface area contributed by atoms with Crippen LogP contribution in [0.3, 0.4) is 0 Å². The maximum atomic E-state index is 12.7. The maximum Gasteiger partial charge on any atom is 0.356 e. The molecule has 0 saturated carbocycles. The van der Waals surface area contributed by atoms with Crippen LogP contribution in [0.5, 0.6) is 0 Å². The predicted molar refractivity (Wildman–Crippen MR) is 54.8 cm³/mol. The number of esters is 1. The fourth-order valence-corrected chi connectivity index (χ4v) is 1.63. The number of aryl methyl sites for hydroxylation is 1. The summed E-state index contributed by atoms with van der Waals surface area (Å²) < 4.78 is 29.8.